The molecule has 2 aromatic rings. The molecule has 1 fully saturated rings. The van der Waals surface area contributed by atoms with E-state index in [9.17, 15) is 0 Å². The fourth-order valence-corrected chi connectivity index (χ4v) is 3.26. The molecule has 0 saturated heterocycles. The predicted molar refractivity (Wildman–Crippen MR) is 82.3 cm³/mol. The molecule has 4 nitrogen and oxygen atoms in total. The number of nitrogens with zero attached hydrogens (tertiary/aromatic N) is 3. The van der Waals surface area contributed by atoms with Crippen molar-refractivity contribution in [1.29, 1.82) is 0 Å². The molecule has 0 spiro atoms. The molecule has 2 aromatic heterocycles. The van der Waals surface area contributed by atoms with E-state index in [2.05, 4.69) is 22.3 Å². The van der Waals surface area contributed by atoms with Crippen LogP contribution in [0.5, 0.6) is 0 Å². The predicted octanol–water partition coefficient (Wildman–Crippen LogP) is 4.15. The lowest BCUT2D eigenvalue weighted by Crippen LogP contribution is -2.26. The van der Waals surface area contributed by atoms with Gasteiger partial charge in [-0.3, -0.25) is 0 Å². The Morgan fingerprint density at radius 1 is 1.30 bits per heavy atom. The summed E-state index contributed by atoms with van der Waals surface area (Å²) in [7, 11) is 0. The van der Waals surface area contributed by atoms with Crippen LogP contribution < -0.4 is 5.32 Å². The zero-order valence-corrected chi connectivity index (χ0v) is 12.6. The lowest BCUT2D eigenvalue weighted by Gasteiger charge is -2.28. The minimum absolute atomic E-state index is 0.510. The van der Waals surface area contributed by atoms with Gasteiger partial charge in [0.1, 0.15) is 0 Å². The lowest BCUT2D eigenvalue weighted by atomic mass is 9.83. The number of nitrogens with one attached hydrogen (secondary N) is 1. The number of aromatic nitrogens is 3. The SMILES string of the molecule is CCCC1CCC(Nc2nc3ccc(Cl)cn3n2)CC1. The number of hydrogen-bond donors (Lipinski definition) is 1. The van der Waals surface area contributed by atoms with E-state index < -0.39 is 0 Å². The highest BCUT2D eigenvalue weighted by molar-refractivity contribution is 6.30. The van der Waals surface area contributed by atoms with Gasteiger partial charge in [-0.05, 0) is 43.7 Å². The van der Waals surface area contributed by atoms with Crippen molar-refractivity contribution in [2.45, 2.75) is 51.5 Å². The third-order valence-electron chi connectivity index (χ3n) is 4.17. The first-order valence-corrected chi connectivity index (χ1v) is 7.91. The molecule has 3 rings (SSSR count). The van der Waals surface area contributed by atoms with Gasteiger partial charge < -0.3 is 5.32 Å². The van der Waals surface area contributed by atoms with Gasteiger partial charge in [0.2, 0.25) is 5.95 Å². The summed E-state index contributed by atoms with van der Waals surface area (Å²) < 4.78 is 1.73. The number of hydrogen-bond acceptors (Lipinski definition) is 3. The summed E-state index contributed by atoms with van der Waals surface area (Å²) in [5.74, 6) is 1.64. The monoisotopic (exact) mass is 292 g/mol. The van der Waals surface area contributed by atoms with Crippen molar-refractivity contribution < 1.29 is 0 Å². The minimum atomic E-state index is 0.510. The van der Waals surface area contributed by atoms with Gasteiger partial charge in [-0.15, -0.1) is 5.10 Å². The Bertz CT molecular complexity index is 572. The van der Waals surface area contributed by atoms with E-state index in [0.717, 1.165) is 11.6 Å². The Kier molecular flexibility index (Phi) is 4.10. The number of anilines is 1. The average molecular weight is 293 g/mol. The molecular formula is C15H21ClN4. The molecule has 20 heavy (non-hydrogen) atoms. The number of pyridine rings is 1. The van der Waals surface area contributed by atoms with Gasteiger partial charge in [-0.2, -0.15) is 4.98 Å². The number of fused-ring (bicyclic) bond motifs is 1. The fraction of sp³-hybridized carbons (Fsp3) is 0.600. The molecule has 0 amide bonds. The van der Waals surface area contributed by atoms with Crippen molar-refractivity contribution in [1.82, 2.24) is 14.6 Å². The Morgan fingerprint density at radius 2 is 2.10 bits per heavy atom. The van der Waals surface area contributed by atoms with Crippen LogP contribution in [0.3, 0.4) is 0 Å². The zero-order valence-electron chi connectivity index (χ0n) is 11.8. The Labute approximate surface area is 124 Å². The first-order chi connectivity index (χ1) is 9.74. The summed E-state index contributed by atoms with van der Waals surface area (Å²) in [4.78, 5) is 4.49. The largest absolute Gasteiger partial charge is 0.350 e. The van der Waals surface area contributed by atoms with E-state index >= 15 is 0 Å². The molecule has 2 heterocycles. The van der Waals surface area contributed by atoms with E-state index in [0.29, 0.717) is 17.0 Å². The van der Waals surface area contributed by atoms with Gasteiger partial charge >= 0.3 is 0 Å². The van der Waals surface area contributed by atoms with Gasteiger partial charge in [0.25, 0.3) is 0 Å². The first-order valence-electron chi connectivity index (χ1n) is 7.53. The van der Waals surface area contributed by atoms with Gasteiger partial charge in [-0.1, -0.05) is 31.4 Å². The maximum atomic E-state index is 5.96. The molecule has 0 atom stereocenters. The van der Waals surface area contributed by atoms with Gasteiger partial charge in [-0.25, -0.2) is 4.52 Å². The summed E-state index contributed by atoms with van der Waals surface area (Å²) in [6.45, 7) is 2.27. The van der Waals surface area contributed by atoms with Crippen molar-refractivity contribution >= 4 is 23.2 Å². The highest BCUT2D eigenvalue weighted by atomic mass is 35.5. The third-order valence-corrected chi connectivity index (χ3v) is 4.40. The quantitative estimate of drug-likeness (QED) is 0.920. The molecule has 0 unspecified atom stereocenters. The van der Waals surface area contributed by atoms with Crippen molar-refractivity contribution in [3.8, 4) is 0 Å². The smallest absolute Gasteiger partial charge is 0.243 e. The van der Waals surface area contributed by atoms with Crippen molar-refractivity contribution in [3.05, 3.63) is 23.4 Å². The Hall–Kier alpha value is -1.29. The standard InChI is InChI=1S/C15H21ClN4/c1-2-3-11-4-7-13(8-5-11)17-15-18-14-9-6-12(16)10-20(14)19-15/h6,9-11,13H,2-5,7-8H2,1H3,(H,17,19). The minimum Gasteiger partial charge on any atom is -0.350 e. The molecule has 0 aliphatic heterocycles. The highest BCUT2D eigenvalue weighted by Gasteiger charge is 2.21. The van der Waals surface area contributed by atoms with Crippen LogP contribution in [0, 0.1) is 5.92 Å². The van der Waals surface area contributed by atoms with E-state index in [4.69, 9.17) is 11.6 Å². The maximum absolute atomic E-state index is 5.96. The van der Waals surface area contributed by atoms with E-state index in [1.807, 2.05) is 12.1 Å². The van der Waals surface area contributed by atoms with Gasteiger partial charge in [0, 0.05) is 12.2 Å². The second-order valence-electron chi connectivity index (χ2n) is 5.74. The fourth-order valence-electron chi connectivity index (χ4n) is 3.11. The normalized spacial score (nSPS) is 23.1. The van der Waals surface area contributed by atoms with Gasteiger partial charge in [0.05, 0.1) is 5.02 Å². The summed E-state index contributed by atoms with van der Waals surface area (Å²) in [5, 5.41) is 8.57. The molecule has 0 bridgehead atoms. The van der Waals surface area contributed by atoms with Crippen LogP contribution in [-0.2, 0) is 0 Å². The van der Waals surface area contributed by atoms with Crippen LogP contribution in [0.4, 0.5) is 5.95 Å². The summed E-state index contributed by atoms with van der Waals surface area (Å²) in [5.41, 5.74) is 0.830. The Balaban J connectivity index is 1.62. The molecule has 0 radical (unpaired) electrons. The third kappa shape index (κ3) is 3.06. The summed E-state index contributed by atoms with van der Waals surface area (Å²) in [6.07, 6.45) is 9.56. The molecule has 5 heteroatoms. The number of halogens is 1. The van der Waals surface area contributed by atoms with E-state index in [-0.39, 0.29) is 0 Å². The molecular weight excluding hydrogens is 272 g/mol. The summed E-state index contributed by atoms with van der Waals surface area (Å²) >= 11 is 5.96. The highest BCUT2D eigenvalue weighted by Crippen LogP contribution is 2.29. The zero-order chi connectivity index (χ0) is 13.9. The van der Waals surface area contributed by atoms with Crippen LogP contribution in [0.15, 0.2) is 18.3 Å². The van der Waals surface area contributed by atoms with E-state index in [1.165, 1.54) is 38.5 Å². The van der Waals surface area contributed by atoms with E-state index in [1.54, 1.807) is 10.7 Å². The lowest BCUT2D eigenvalue weighted by molar-refractivity contribution is 0.318. The first kappa shape index (κ1) is 13.7. The van der Waals surface area contributed by atoms with Gasteiger partial charge in [0.15, 0.2) is 5.65 Å². The molecule has 1 saturated carbocycles. The van der Waals surface area contributed by atoms with Crippen molar-refractivity contribution in [2.24, 2.45) is 5.92 Å². The van der Waals surface area contributed by atoms with Crippen LogP contribution >= 0.6 is 11.6 Å². The second kappa shape index (κ2) is 6.00. The number of rotatable bonds is 4. The molecule has 108 valence electrons. The molecule has 1 aliphatic rings. The van der Waals surface area contributed by atoms with Crippen molar-refractivity contribution in [3.63, 3.8) is 0 Å². The second-order valence-corrected chi connectivity index (χ2v) is 6.17. The molecule has 0 aromatic carbocycles. The van der Waals surface area contributed by atoms with Crippen LogP contribution in [0.2, 0.25) is 5.02 Å². The summed E-state index contributed by atoms with van der Waals surface area (Å²) in [6, 6.07) is 4.24. The molecule has 1 aliphatic carbocycles. The average Bonchev–Trinajstić information content (AvgIpc) is 2.82. The maximum Gasteiger partial charge on any atom is 0.243 e. The van der Waals surface area contributed by atoms with Crippen LogP contribution in [0.25, 0.3) is 5.65 Å². The molecule has 1 N–H and O–H groups in total. The Morgan fingerprint density at radius 3 is 2.85 bits per heavy atom. The topological polar surface area (TPSA) is 42.2 Å². The van der Waals surface area contributed by atoms with Crippen LogP contribution in [-0.4, -0.2) is 20.6 Å². The van der Waals surface area contributed by atoms with Crippen molar-refractivity contribution in [2.75, 3.05) is 5.32 Å². The van der Waals surface area contributed by atoms with Crippen LogP contribution in [0.1, 0.15) is 45.4 Å².